The molecule has 9 heteroatoms. The van der Waals surface area contributed by atoms with Gasteiger partial charge >= 0.3 is 5.97 Å². The molecule has 148 valence electrons. The number of benzene rings is 1. The summed E-state index contributed by atoms with van der Waals surface area (Å²) in [5.74, 6) is -3.14. The van der Waals surface area contributed by atoms with E-state index >= 15 is 0 Å². The van der Waals surface area contributed by atoms with Crippen LogP contribution in [0.25, 0.3) is 0 Å². The largest absolute Gasteiger partial charge is 0.480 e. The molecular formula is C18H26N4O5. The highest BCUT2D eigenvalue weighted by atomic mass is 16.4. The fraction of sp³-hybridized carbons (Fsp3) is 0.444. The van der Waals surface area contributed by atoms with Crippen molar-refractivity contribution in [3.05, 3.63) is 35.9 Å². The zero-order valence-electron chi connectivity index (χ0n) is 15.4. The number of hydrogen-bond donors (Lipinski definition) is 5. The van der Waals surface area contributed by atoms with Gasteiger partial charge in [-0.05, 0) is 17.9 Å². The van der Waals surface area contributed by atoms with Crippen LogP contribution in [-0.2, 0) is 25.6 Å². The molecule has 0 aliphatic heterocycles. The third-order valence-electron chi connectivity index (χ3n) is 3.75. The molecule has 9 nitrogen and oxygen atoms in total. The first-order valence-electron chi connectivity index (χ1n) is 8.56. The van der Waals surface area contributed by atoms with Crippen LogP contribution in [0.5, 0.6) is 0 Å². The molecule has 2 atom stereocenters. The summed E-state index contributed by atoms with van der Waals surface area (Å²) in [5.41, 5.74) is 6.71. The van der Waals surface area contributed by atoms with Gasteiger partial charge in [0.2, 0.25) is 17.7 Å². The molecule has 6 N–H and O–H groups in total. The van der Waals surface area contributed by atoms with Crippen molar-refractivity contribution in [1.29, 1.82) is 0 Å². The molecule has 0 bridgehead atoms. The Morgan fingerprint density at radius 3 is 2.15 bits per heavy atom. The van der Waals surface area contributed by atoms with Gasteiger partial charge in [-0.25, -0.2) is 4.79 Å². The molecule has 3 amide bonds. The first-order chi connectivity index (χ1) is 12.7. The van der Waals surface area contributed by atoms with Crippen molar-refractivity contribution in [2.24, 2.45) is 11.7 Å². The quantitative estimate of drug-likeness (QED) is 0.353. The summed E-state index contributed by atoms with van der Waals surface area (Å²) in [4.78, 5) is 46.4. The second-order valence-electron chi connectivity index (χ2n) is 6.42. The molecule has 0 heterocycles. The Bertz CT molecular complexity index is 663. The number of nitrogens with two attached hydrogens (primary N) is 1. The summed E-state index contributed by atoms with van der Waals surface area (Å²) in [6.45, 7) is 2.60. The second-order valence-corrected chi connectivity index (χ2v) is 6.42. The number of carboxylic acids is 1. The van der Waals surface area contributed by atoms with Crippen molar-refractivity contribution >= 4 is 23.7 Å². The van der Waals surface area contributed by atoms with Crippen LogP contribution >= 0.6 is 0 Å². The Morgan fingerprint density at radius 2 is 1.59 bits per heavy atom. The number of hydrogen-bond acceptors (Lipinski definition) is 5. The Balaban J connectivity index is 2.32. The minimum Gasteiger partial charge on any atom is -0.480 e. The predicted octanol–water partition coefficient (Wildman–Crippen LogP) is -0.986. The third kappa shape index (κ3) is 8.32. The van der Waals surface area contributed by atoms with Crippen molar-refractivity contribution in [2.45, 2.75) is 32.4 Å². The minimum absolute atomic E-state index is 0.299. The Morgan fingerprint density at radius 1 is 1.00 bits per heavy atom. The van der Waals surface area contributed by atoms with Crippen LogP contribution in [0.1, 0.15) is 19.4 Å². The van der Waals surface area contributed by atoms with E-state index in [2.05, 4.69) is 16.0 Å². The highest BCUT2D eigenvalue weighted by Gasteiger charge is 2.23. The van der Waals surface area contributed by atoms with Gasteiger partial charge in [0.25, 0.3) is 0 Å². The molecule has 0 aliphatic carbocycles. The Labute approximate surface area is 157 Å². The summed E-state index contributed by atoms with van der Waals surface area (Å²) >= 11 is 0. The summed E-state index contributed by atoms with van der Waals surface area (Å²) in [6, 6.07) is 7.39. The first-order valence-corrected chi connectivity index (χ1v) is 8.56. The minimum atomic E-state index is -1.15. The normalized spacial score (nSPS) is 12.7. The molecule has 0 aliphatic rings. The lowest BCUT2D eigenvalue weighted by atomic mass is 10.1. The van der Waals surface area contributed by atoms with Crippen molar-refractivity contribution < 1.29 is 24.3 Å². The maximum atomic E-state index is 11.9. The first kappa shape index (κ1) is 22.1. The van der Waals surface area contributed by atoms with Gasteiger partial charge in [0.05, 0.1) is 19.1 Å². The van der Waals surface area contributed by atoms with E-state index in [1.807, 2.05) is 30.3 Å². The van der Waals surface area contributed by atoms with Crippen molar-refractivity contribution in [2.75, 3.05) is 13.1 Å². The van der Waals surface area contributed by atoms with Gasteiger partial charge in [-0.2, -0.15) is 0 Å². The zero-order valence-corrected chi connectivity index (χ0v) is 15.4. The summed E-state index contributed by atoms with van der Waals surface area (Å²) in [6.07, 6.45) is 0.336. The number of carbonyl (C=O) groups is 4. The lowest BCUT2D eigenvalue weighted by molar-refractivity contribution is -0.143. The smallest absolute Gasteiger partial charge is 0.326 e. The second kappa shape index (κ2) is 10.9. The van der Waals surface area contributed by atoms with Gasteiger partial charge in [-0.1, -0.05) is 44.2 Å². The van der Waals surface area contributed by atoms with E-state index in [1.54, 1.807) is 13.8 Å². The van der Waals surface area contributed by atoms with E-state index in [1.165, 1.54) is 0 Å². The van der Waals surface area contributed by atoms with Gasteiger partial charge < -0.3 is 26.8 Å². The van der Waals surface area contributed by atoms with Crippen LogP contribution < -0.4 is 21.7 Å². The molecule has 1 rings (SSSR count). The molecule has 2 unspecified atom stereocenters. The van der Waals surface area contributed by atoms with Crippen LogP contribution in [0.4, 0.5) is 0 Å². The molecule has 27 heavy (non-hydrogen) atoms. The average Bonchev–Trinajstić information content (AvgIpc) is 2.62. The topological polar surface area (TPSA) is 151 Å². The van der Waals surface area contributed by atoms with Crippen LogP contribution in [0, 0.1) is 5.92 Å². The number of nitrogens with one attached hydrogen (secondary N) is 3. The Hall–Kier alpha value is -2.94. The fourth-order valence-corrected chi connectivity index (χ4v) is 2.24. The third-order valence-corrected chi connectivity index (χ3v) is 3.75. The molecule has 0 spiro atoms. The summed E-state index contributed by atoms with van der Waals surface area (Å²) in [7, 11) is 0. The summed E-state index contributed by atoms with van der Waals surface area (Å²) < 4.78 is 0. The monoisotopic (exact) mass is 378 g/mol. The molecule has 0 fully saturated rings. The van der Waals surface area contributed by atoms with Crippen LogP contribution in [0.15, 0.2) is 30.3 Å². The highest BCUT2D eigenvalue weighted by Crippen LogP contribution is 2.02. The number of aliphatic carboxylic acids is 1. The molecule has 1 aromatic carbocycles. The van der Waals surface area contributed by atoms with Crippen LogP contribution in [-0.4, -0.2) is 54.0 Å². The SMILES string of the molecule is CC(C)C(NC(=O)CNC(=O)CNC(=O)C(N)Cc1ccccc1)C(=O)O. The highest BCUT2D eigenvalue weighted by molar-refractivity contribution is 5.90. The van der Waals surface area contributed by atoms with Crippen LogP contribution in [0.3, 0.4) is 0 Å². The molecule has 0 saturated carbocycles. The maximum absolute atomic E-state index is 11.9. The van der Waals surface area contributed by atoms with Gasteiger partial charge in [-0.3, -0.25) is 14.4 Å². The van der Waals surface area contributed by atoms with E-state index < -0.39 is 35.8 Å². The van der Waals surface area contributed by atoms with Crippen LogP contribution in [0.2, 0.25) is 0 Å². The van der Waals surface area contributed by atoms with Gasteiger partial charge in [0.15, 0.2) is 0 Å². The predicted molar refractivity (Wildman–Crippen MR) is 98.5 cm³/mol. The lowest BCUT2D eigenvalue weighted by Gasteiger charge is -2.18. The number of carbonyl (C=O) groups excluding carboxylic acids is 3. The van der Waals surface area contributed by atoms with Crippen molar-refractivity contribution in [1.82, 2.24) is 16.0 Å². The van der Waals surface area contributed by atoms with Gasteiger partial charge in [0, 0.05) is 0 Å². The van der Waals surface area contributed by atoms with Crippen molar-refractivity contribution in [3.8, 4) is 0 Å². The summed E-state index contributed by atoms with van der Waals surface area (Å²) in [5, 5.41) is 16.0. The molecule has 0 radical (unpaired) electrons. The Kier molecular flexibility index (Phi) is 8.94. The maximum Gasteiger partial charge on any atom is 0.326 e. The number of carboxylic acid groups (broad SMARTS) is 1. The number of amides is 3. The van der Waals surface area contributed by atoms with E-state index in [0.29, 0.717) is 6.42 Å². The fourth-order valence-electron chi connectivity index (χ4n) is 2.24. The molecule has 1 aromatic rings. The van der Waals surface area contributed by atoms with E-state index in [-0.39, 0.29) is 19.0 Å². The van der Waals surface area contributed by atoms with Gasteiger partial charge in [-0.15, -0.1) is 0 Å². The number of rotatable bonds is 10. The molecule has 0 saturated heterocycles. The van der Waals surface area contributed by atoms with E-state index in [4.69, 9.17) is 10.8 Å². The zero-order chi connectivity index (χ0) is 20.4. The standard InChI is InChI=1S/C18H26N4O5/c1-11(2)16(18(26)27)22-15(24)10-20-14(23)9-21-17(25)13(19)8-12-6-4-3-5-7-12/h3-7,11,13,16H,8-10,19H2,1-2H3,(H,20,23)(H,21,25)(H,22,24)(H,26,27). The van der Waals surface area contributed by atoms with Crippen molar-refractivity contribution in [3.63, 3.8) is 0 Å². The van der Waals surface area contributed by atoms with E-state index in [9.17, 15) is 19.2 Å². The van der Waals surface area contributed by atoms with Gasteiger partial charge in [0.1, 0.15) is 6.04 Å². The molecular weight excluding hydrogens is 352 g/mol. The average molecular weight is 378 g/mol. The van der Waals surface area contributed by atoms with E-state index in [0.717, 1.165) is 5.56 Å². The lowest BCUT2D eigenvalue weighted by Crippen LogP contribution is -2.50. The molecule has 0 aromatic heterocycles.